The summed E-state index contributed by atoms with van der Waals surface area (Å²) in [6.07, 6.45) is 0. The number of thioether (sulfide) groups is 1. The van der Waals surface area contributed by atoms with Gasteiger partial charge in [-0.05, 0) is 22.9 Å². The monoisotopic (exact) mass is 382 g/mol. The molecule has 0 saturated heterocycles. The predicted molar refractivity (Wildman–Crippen MR) is 104 cm³/mol. The highest BCUT2D eigenvalue weighted by Gasteiger charge is 2.12. The summed E-state index contributed by atoms with van der Waals surface area (Å²) in [5, 5.41) is 21.3. The van der Waals surface area contributed by atoms with E-state index in [1.54, 1.807) is 18.2 Å². The number of aromatic nitrogens is 1. The first-order valence-corrected chi connectivity index (χ1v) is 9.69. The van der Waals surface area contributed by atoms with Gasteiger partial charge in [0.15, 0.2) is 15.8 Å². The number of rotatable bonds is 5. The van der Waals surface area contributed by atoms with Crippen molar-refractivity contribution >= 4 is 55.6 Å². The summed E-state index contributed by atoms with van der Waals surface area (Å²) in [5.41, 5.74) is 1.68. The van der Waals surface area contributed by atoms with E-state index in [4.69, 9.17) is 5.21 Å². The van der Waals surface area contributed by atoms with Gasteiger partial charge in [0, 0.05) is 17.7 Å². The number of carbonyl (C=O) groups excluding carboxylic acids is 1. The fourth-order valence-electron chi connectivity index (χ4n) is 2.67. The highest BCUT2D eigenvalue weighted by molar-refractivity contribution is 8.01. The second-order valence-electron chi connectivity index (χ2n) is 5.74. The van der Waals surface area contributed by atoms with Gasteiger partial charge in [-0.1, -0.05) is 48.2 Å². The third-order valence-electron chi connectivity index (χ3n) is 4.01. The van der Waals surface area contributed by atoms with Crippen LogP contribution in [0.15, 0.2) is 65.0 Å². The minimum atomic E-state index is -0.957. The van der Waals surface area contributed by atoms with Crippen LogP contribution in [0.5, 0.6) is 0 Å². The number of hydrogen-bond acceptors (Lipinski definition) is 6. The van der Waals surface area contributed by atoms with Gasteiger partial charge in [-0.2, -0.15) is 5.23 Å². The fraction of sp³-hybridized carbons (Fsp3) is 0.0526. The van der Waals surface area contributed by atoms with Crippen molar-refractivity contribution in [1.82, 2.24) is 4.98 Å². The van der Waals surface area contributed by atoms with Crippen LogP contribution in [-0.4, -0.2) is 21.7 Å². The highest BCUT2D eigenvalue weighted by Crippen LogP contribution is 2.31. The van der Waals surface area contributed by atoms with Gasteiger partial charge < -0.3 is 5.21 Å². The van der Waals surface area contributed by atoms with Crippen LogP contribution in [0.2, 0.25) is 0 Å². The molecule has 2 N–H and O–H groups in total. The summed E-state index contributed by atoms with van der Waals surface area (Å²) in [7, 11) is 0. The molecule has 0 aliphatic carbocycles. The third-order valence-corrected chi connectivity index (χ3v) is 6.18. The van der Waals surface area contributed by atoms with Crippen molar-refractivity contribution in [3.05, 3.63) is 71.4 Å². The number of carbonyl (C=O) groups is 1. The van der Waals surface area contributed by atoms with E-state index in [2.05, 4.69) is 4.98 Å². The number of fused-ring (bicyclic) bond motifs is 2. The van der Waals surface area contributed by atoms with Crippen molar-refractivity contribution < 1.29 is 15.2 Å². The molecule has 130 valence electrons. The van der Waals surface area contributed by atoms with E-state index in [0.29, 0.717) is 11.3 Å². The summed E-state index contributed by atoms with van der Waals surface area (Å²) >= 11 is 2.78. The molecule has 0 fully saturated rings. The maximum Gasteiger partial charge on any atom is 0.173 e. The van der Waals surface area contributed by atoms with E-state index in [1.807, 2.05) is 42.5 Å². The Labute approximate surface area is 157 Å². The zero-order valence-electron chi connectivity index (χ0n) is 13.5. The quantitative estimate of drug-likeness (QED) is 0.312. The van der Waals surface area contributed by atoms with Crippen LogP contribution in [0.3, 0.4) is 0 Å². The molecular weight excluding hydrogens is 368 g/mol. The molecule has 0 saturated carbocycles. The molecular formula is C19H14N2O3S2. The molecule has 0 spiro atoms. The number of hydrogen-bond donors (Lipinski definition) is 2. The largest absolute Gasteiger partial charge is 0.595 e. The molecule has 1 atom stereocenters. The van der Waals surface area contributed by atoms with Crippen molar-refractivity contribution in [3.63, 3.8) is 0 Å². The molecule has 0 aliphatic rings. The van der Waals surface area contributed by atoms with Crippen LogP contribution in [0.1, 0.15) is 10.4 Å². The molecule has 0 bridgehead atoms. The van der Waals surface area contributed by atoms with Crippen LogP contribution in [0.25, 0.3) is 21.0 Å². The van der Waals surface area contributed by atoms with Crippen molar-refractivity contribution in [2.24, 2.45) is 0 Å². The van der Waals surface area contributed by atoms with Gasteiger partial charge >= 0.3 is 0 Å². The summed E-state index contributed by atoms with van der Waals surface area (Å²) in [5.74, 6) is 0.343. The average Bonchev–Trinajstić information content (AvgIpc) is 3.07. The zero-order valence-corrected chi connectivity index (χ0v) is 15.1. The molecule has 1 unspecified atom stereocenters. The molecule has 0 amide bonds. The highest BCUT2D eigenvalue weighted by atomic mass is 32.2. The van der Waals surface area contributed by atoms with E-state index < -0.39 is 5.23 Å². The molecule has 4 aromatic rings. The minimum Gasteiger partial charge on any atom is -0.595 e. The Balaban J connectivity index is 1.50. The van der Waals surface area contributed by atoms with E-state index in [1.165, 1.54) is 23.1 Å². The topological polar surface area (TPSA) is 77.7 Å². The zero-order chi connectivity index (χ0) is 18.1. The van der Waals surface area contributed by atoms with Crippen molar-refractivity contribution in [3.8, 4) is 0 Å². The number of Topliss-reactive ketones (excluding diaryl/α,β-unsaturated/α-hetero) is 1. The van der Waals surface area contributed by atoms with Crippen LogP contribution in [-0.2, 0) is 0 Å². The molecule has 5 nitrogen and oxygen atoms in total. The Morgan fingerprint density at radius 1 is 1.12 bits per heavy atom. The van der Waals surface area contributed by atoms with Crippen LogP contribution >= 0.6 is 23.1 Å². The number of nitrogens with one attached hydrogen (secondary N) is 1. The lowest BCUT2D eigenvalue weighted by Gasteiger charge is -2.10. The van der Waals surface area contributed by atoms with E-state index >= 15 is 0 Å². The summed E-state index contributed by atoms with van der Waals surface area (Å²) in [4.78, 5) is 17.0. The van der Waals surface area contributed by atoms with Crippen molar-refractivity contribution in [2.45, 2.75) is 4.34 Å². The molecule has 3 aromatic carbocycles. The Morgan fingerprint density at radius 3 is 2.73 bits per heavy atom. The van der Waals surface area contributed by atoms with Crippen molar-refractivity contribution in [1.29, 1.82) is 0 Å². The van der Waals surface area contributed by atoms with Gasteiger partial charge in [0.05, 0.1) is 16.0 Å². The maximum atomic E-state index is 12.5. The number of thiazole rings is 1. The molecule has 0 aliphatic heterocycles. The number of benzene rings is 3. The lowest BCUT2D eigenvalue weighted by molar-refractivity contribution is -0.991. The second kappa shape index (κ2) is 7.14. The maximum absolute atomic E-state index is 12.5. The second-order valence-corrected chi connectivity index (χ2v) is 7.99. The lowest BCUT2D eigenvalue weighted by Crippen LogP contribution is -2.99. The Morgan fingerprint density at radius 2 is 1.92 bits per heavy atom. The standard InChI is InChI=1S/C19H14N2O3S2/c22-17(14-6-5-12-3-1-2-4-13(12)9-14)11-25-19-20-16-8-7-15(21(23)24)10-18(16)26-19/h1-10,21,23H,11H2. The first kappa shape index (κ1) is 17.1. The molecule has 1 heterocycles. The minimum absolute atomic E-state index is 0.0474. The number of quaternary nitrogens is 1. The van der Waals surface area contributed by atoms with Gasteiger partial charge in [0.2, 0.25) is 0 Å². The number of nitrogens with zero attached hydrogens (tertiary/aromatic N) is 1. The van der Waals surface area contributed by atoms with E-state index in [9.17, 15) is 10.0 Å². The third kappa shape index (κ3) is 3.48. The summed E-state index contributed by atoms with van der Waals surface area (Å²) in [6.45, 7) is 0. The first-order chi connectivity index (χ1) is 12.6. The average molecular weight is 382 g/mol. The lowest BCUT2D eigenvalue weighted by atomic mass is 10.1. The number of ketones is 1. The smallest absolute Gasteiger partial charge is 0.173 e. The Kier molecular flexibility index (Phi) is 4.71. The fourth-order valence-corrected chi connectivity index (χ4v) is 4.67. The van der Waals surface area contributed by atoms with E-state index in [-0.39, 0.29) is 11.5 Å². The van der Waals surface area contributed by atoms with Gasteiger partial charge in [-0.25, -0.2) is 10.2 Å². The van der Waals surface area contributed by atoms with Crippen LogP contribution in [0.4, 0.5) is 5.69 Å². The Hall–Kier alpha value is -2.29. The first-order valence-electron chi connectivity index (χ1n) is 7.89. The van der Waals surface area contributed by atoms with Crippen molar-refractivity contribution in [2.75, 3.05) is 5.75 Å². The molecule has 1 aromatic heterocycles. The summed E-state index contributed by atoms with van der Waals surface area (Å²) in [6, 6.07) is 18.5. The molecule has 0 radical (unpaired) electrons. The molecule has 26 heavy (non-hydrogen) atoms. The summed E-state index contributed by atoms with van der Waals surface area (Å²) < 4.78 is 1.57. The predicted octanol–water partition coefficient (Wildman–Crippen LogP) is 3.83. The van der Waals surface area contributed by atoms with Crippen LogP contribution in [0, 0.1) is 5.21 Å². The Bertz CT molecular complexity index is 1110. The van der Waals surface area contributed by atoms with Gasteiger partial charge in [-0.3, -0.25) is 4.79 Å². The van der Waals surface area contributed by atoms with Crippen LogP contribution < -0.4 is 5.23 Å². The molecule has 4 rings (SSSR count). The molecule has 7 heteroatoms. The normalized spacial score (nSPS) is 12.5. The van der Waals surface area contributed by atoms with Gasteiger partial charge in [-0.15, -0.1) is 11.3 Å². The van der Waals surface area contributed by atoms with Gasteiger partial charge in [0.1, 0.15) is 0 Å². The van der Waals surface area contributed by atoms with E-state index in [0.717, 1.165) is 25.3 Å². The SMILES string of the molecule is O=C(CSc1nc2ccc([NH+]([O-])O)cc2s1)c1ccc2ccccc2c1. The van der Waals surface area contributed by atoms with Gasteiger partial charge in [0.25, 0.3) is 0 Å².